The summed E-state index contributed by atoms with van der Waals surface area (Å²) in [7, 11) is 0. The molecule has 0 radical (unpaired) electrons. The van der Waals surface area contributed by atoms with Gasteiger partial charge in [-0.05, 0) is 37.5 Å². The van der Waals surface area contributed by atoms with Crippen LogP contribution in [0.2, 0.25) is 0 Å². The molecule has 0 bridgehead atoms. The minimum absolute atomic E-state index is 0.0261. The van der Waals surface area contributed by atoms with Gasteiger partial charge in [0.2, 0.25) is 0 Å². The molecule has 2 saturated heterocycles. The van der Waals surface area contributed by atoms with Crippen LogP contribution in [0.25, 0.3) is 0 Å². The third-order valence-electron chi connectivity index (χ3n) is 4.91. The van der Waals surface area contributed by atoms with Crippen LogP contribution in [-0.4, -0.2) is 49.5 Å². The first-order valence-corrected chi connectivity index (χ1v) is 8.26. The summed E-state index contributed by atoms with van der Waals surface area (Å²) >= 11 is 0. The van der Waals surface area contributed by atoms with E-state index in [1.807, 2.05) is 24.8 Å². The van der Waals surface area contributed by atoms with Crippen molar-refractivity contribution in [2.45, 2.75) is 39.4 Å². The number of rotatable bonds is 3. The van der Waals surface area contributed by atoms with Gasteiger partial charge in [0.15, 0.2) is 12.4 Å². The molecule has 23 heavy (non-hydrogen) atoms. The lowest BCUT2D eigenvalue weighted by Crippen LogP contribution is -2.48. The van der Waals surface area contributed by atoms with Crippen LogP contribution in [0, 0.1) is 20.8 Å². The zero-order chi connectivity index (χ0) is 16.4. The largest absolute Gasteiger partial charge is 0.483 e. The molecule has 126 valence electrons. The van der Waals surface area contributed by atoms with Crippen LogP contribution in [0.4, 0.5) is 0 Å². The molecule has 0 unspecified atom stereocenters. The highest BCUT2D eigenvalue weighted by Crippen LogP contribution is 2.31. The molecule has 5 heteroatoms. The number of carbonyl (C=O) groups excluding carboxylic acids is 1. The second-order valence-electron chi connectivity index (χ2n) is 6.43. The monoisotopic (exact) mass is 319 g/mol. The molecule has 3 rings (SSSR count). The topological polar surface area (TPSA) is 48.0 Å². The van der Waals surface area contributed by atoms with Crippen molar-refractivity contribution >= 4 is 5.91 Å². The Balaban J connectivity index is 1.55. The predicted octanol–water partition coefficient (Wildman–Crippen LogP) is 2.36. The molecule has 1 aromatic carbocycles. The SMILES string of the molecule is Cc1ccc(C)c(OCC(=O)N2CCC3(CC2)OCCO3)c1C. The van der Waals surface area contributed by atoms with Crippen LogP contribution >= 0.6 is 0 Å². The Morgan fingerprint density at radius 3 is 2.39 bits per heavy atom. The highest BCUT2D eigenvalue weighted by Gasteiger charge is 2.40. The minimum atomic E-state index is -0.443. The fraction of sp³-hybridized carbons (Fsp3) is 0.611. The second-order valence-corrected chi connectivity index (χ2v) is 6.43. The molecule has 0 saturated carbocycles. The third kappa shape index (κ3) is 3.35. The zero-order valence-electron chi connectivity index (χ0n) is 14.2. The van der Waals surface area contributed by atoms with Crippen LogP contribution < -0.4 is 4.74 Å². The van der Waals surface area contributed by atoms with E-state index in [-0.39, 0.29) is 12.5 Å². The number of carbonyl (C=O) groups is 1. The summed E-state index contributed by atoms with van der Waals surface area (Å²) in [5.41, 5.74) is 3.34. The zero-order valence-corrected chi connectivity index (χ0v) is 14.2. The molecule has 2 aliphatic rings. The maximum atomic E-state index is 12.4. The Morgan fingerprint density at radius 1 is 1.13 bits per heavy atom. The quantitative estimate of drug-likeness (QED) is 0.858. The summed E-state index contributed by atoms with van der Waals surface area (Å²) < 4.78 is 17.2. The van der Waals surface area contributed by atoms with Gasteiger partial charge in [-0.15, -0.1) is 0 Å². The van der Waals surface area contributed by atoms with E-state index in [1.54, 1.807) is 0 Å². The number of hydrogen-bond donors (Lipinski definition) is 0. The molecule has 1 aromatic rings. The lowest BCUT2D eigenvalue weighted by atomic mass is 10.0. The summed E-state index contributed by atoms with van der Waals surface area (Å²) in [6.45, 7) is 8.80. The number of amides is 1. The Bertz CT molecular complexity index is 583. The van der Waals surface area contributed by atoms with Crippen LogP contribution in [-0.2, 0) is 14.3 Å². The first-order valence-electron chi connectivity index (χ1n) is 8.26. The fourth-order valence-corrected chi connectivity index (χ4v) is 3.26. The highest BCUT2D eigenvalue weighted by molar-refractivity contribution is 5.78. The van der Waals surface area contributed by atoms with Gasteiger partial charge in [-0.2, -0.15) is 0 Å². The molecule has 2 fully saturated rings. The number of nitrogens with zero attached hydrogens (tertiary/aromatic N) is 1. The molecule has 0 aromatic heterocycles. The first-order chi connectivity index (χ1) is 11.0. The Morgan fingerprint density at radius 2 is 1.74 bits per heavy atom. The first kappa shape index (κ1) is 16.3. The van der Waals surface area contributed by atoms with E-state index in [9.17, 15) is 4.79 Å². The van der Waals surface area contributed by atoms with E-state index in [2.05, 4.69) is 13.0 Å². The van der Waals surface area contributed by atoms with Crippen molar-refractivity contribution in [3.8, 4) is 5.75 Å². The van der Waals surface area contributed by atoms with Gasteiger partial charge in [-0.25, -0.2) is 0 Å². The summed E-state index contributed by atoms with van der Waals surface area (Å²) in [6, 6.07) is 4.10. The maximum absolute atomic E-state index is 12.4. The number of aryl methyl sites for hydroxylation is 2. The average Bonchev–Trinajstić information content (AvgIpc) is 3.00. The van der Waals surface area contributed by atoms with Gasteiger partial charge in [0, 0.05) is 25.9 Å². The molecular formula is C18H25NO4. The Hall–Kier alpha value is -1.59. The number of benzene rings is 1. The molecule has 1 spiro atoms. The van der Waals surface area contributed by atoms with E-state index in [0.717, 1.165) is 29.7 Å². The fourth-order valence-electron chi connectivity index (χ4n) is 3.26. The van der Waals surface area contributed by atoms with Crippen LogP contribution in [0.1, 0.15) is 29.5 Å². The van der Waals surface area contributed by atoms with E-state index in [0.29, 0.717) is 26.3 Å². The summed E-state index contributed by atoms with van der Waals surface area (Å²) in [6.07, 6.45) is 1.47. The lowest BCUT2D eigenvalue weighted by molar-refractivity contribution is -0.187. The molecule has 0 aliphatic carbocycles. The summed E-state index contributed by atoms with van der Waals surface area (Å²) in [5, 5.41) is 0. The van der Waals surface area contributed by atoms with Crippen molar-refractivity contribution in [2.24, 2.45) is 0 Å². The molecule has 5 nitrogen and oxygen atoms in total. The normalized spacial score (nSPS) is 20.0. The molecule has 2 heterocycles. The van der Waals surface area contributed by atoms with Crippen LogP contribution in [0.3, 0.4) is 0 Å². The summed E-state index contributed by atoms with van der Waals surface area (Å²) in [5.74, 6) is 0.411. The van der Waals surface area contributed by atoms with Crippen molar-refractivity contribution in [3.05, 3.63) is 28.8 Å². The second kappa shape index (κ2) is 6.49. The van der Waals surface area contributed by atoms with Crippen LogP contribution in [0.15, 0.2) is 12.1 Å². The lowest BCUT2D eigenvalue weighted by Gasteiger charge is -2.37. The smallest absolute Gasteiger partial charge is 0.260 e. The van der Waals surface area contributed by atoms with Crippen molar-refractivity contribution < 1.29 is 19.0 Å². The van der Waals surface area contributed by atoms with Crippen molar-refractivity contribution in [1.29, 1.82) is 0 Å². The number of ether oxygens (including phenoxy) is 3. The number of likely N-dealkylation sites (tertiary alicyclic amines) is 1. The third-order valence-corrected chi connectivity index (χ3v) is 4.91. The highest BCUT2D eigenvalue weighted by atomic mass is 16.7. The Labute approximate surface area is 137 Å². The van der Waals surface area contributed by atoms with E-state index >= 15 is 0 Å². The summed E-state index contributed by atoms with van der Waals surface area (Å²) in [4.78, 5) is 14.2. The van der Waals surface area contributed by atoms with E-state index in [4.69, 9.17) is 14.2 Å². The maximum Gasteiger partial charge on any atom is 0.260 e. The van der Waals surface area contributed by atoms with Gasteiger partial charge in [0.05, 0.1) is 13.2 Å². The van der Waals surface area contributed by atoms with Gasteiger partial charge >= 0.3 is 0 Å². The number of hydrogen-bond acceptors (Lipinski definition) is 4. The minimum Gasteiger partial charge on any atom is -0.483 e. The van der Waals surface area contributed by atoms with Gasteiger partial charge in [-0.1, -0.05) is 12.1 Å². The van der Waals surface area contributed by atoms with Crippen molar-refractivity contribution in [2.75, 3.05) is 32.9 Å². The van der Waals surface area contributed by atoms with Crippen LogP contribution in [0.5, 0.6) is 5.75 Å². The molecule has 1 amide bonds. The van der Waals surface area contributed by atoms with Gasteiger partial charge in [-0.3, -0.25) is 4.79 Å². The van der Waals surface area contributed by atoms with E-state index < -0.39 is 5.79 Å². The predicted molar refractivity (Wildman–Crippen MR) is 86.6 cm³/mol. The molecule has 0 atom stereocenters. The standard InChI is InChI=1S/C18H25NO4/c1-13-4-5-14(2)17(15(13)3)21-12-16(20)19-8-6-18(7-9-19)22-10-11-23-18/h4-5H,6-12H2,1-3H3. The number of piperidine rings is 1. The van der Waals surface area contributed by atoms with E-state index in [1.165, 1.54) is 5.56 Å². The van der Waals surface area contributed by atoms with Gasteiger partial charge in [0.25, 0.3) is 5.91 Å². The molecule has 2 aliphatic heterocycles. The van der Waals surface area contributed by atoms with Crippen molar-refractivity contribution in [1.82, 2.24) is 4.90 Å². The van der Waals surface area contributed by atoms with Gasteiger partial charge in [0.1, 0.15) is 5.75 Å². The average molecular weight is 319 g/mol. The molecule has 0 N–H and O–H groups in total. The Kier molecular flexibility index (Phi) is 4.60. The van der Waals surface area contributed by atoms with Gasteiger partial charge < -0.3 is 19.1 Å². The van der Waals surface area contributed by atoms with Crippen molar-refractivity contribution in [3.63, 3.8) is 0 Å². The molecular weight excluding hydrogens is 294 g/mol.